The SMILES string of the molecule is CCCN(CCO)c1nc(N)nc(N(C)C)n1. The fourth-order valence-electron chi connectivity index (χ4n) is 1.41. The molecule has 3 N–H and O–H groups in total. The highest BCUT2D eigenvalue weighted by molar-refractivity contribution is 5.42. The zero-order valence-electron chi connectivity index (χ0n) is 10.6. The number of nitrogens with two attached hydrogens (primary N) is 1. The predicted molar refractivity (Wildman–Crippen MR) is 68.2 cm³/mol. The van der Waals surface area contributed by atoms with E-state index in [-0.39, 0.29) is 12.6 Å². The van der Waals surface area contributed by atoms with Crippen LogP contribution >= 0.6 is 0 Å². The van der Waals surface area contributed by atoms with Crippen molar-refractivity contribution in [3.05, 3.63) is 0 Å². The Morgan fingerprint density at radius 1 is 1.12 bits per heavy atom. The van der Waals surface area contributed by atoms with Gasteiger partial charge in [0.1, 0.15) is 0 Å². The van der Waals surface area contributed by atoms with Crippen molar-refractivity contribution >= 4 is 17.8 Å². The van der Waals surface area contributed by atoms with Crippen LogP contribution in [0.4, 0.5) is 17.8 Å². The normalized spacial score (nSPS) is 10.4. The Bertz CT molecular complexity index is 351. The van der Waals surface area contributed by atoms with E-state index in [9.17, 15) is 0 Å². The second-order valence-electron chi connectivity index (χ2n) is 3.90. The Kier molecular flexibility index (Phi) is 4.89. The van der Waals surface area contributed by atoms with Crippen LogP contribution in [0.5, 0.6) is 0 Å². The first-order valence-electron chi connectivity index (χ1n) is 5.63. The number of aromatic nitrogens is 3. The summed E-state index contributed by atoms with van der Waals surface area (Å²) in [6.07, 6.45) is 0.947. The highest BCUT2D eigenvalue weighted by atomic mass is 16.3. The quantitative estimate of drug-likeness (QED) is 0.707. The zero-order valence-corrected chi connectivity index (χ0v) is 10.6. The molecule has 0 aromatic carbocycles. The first-order valence-corrected chi connectivity index (χ1v) is 5.63. The summed E-state index contributed by atoms with van der Waals surface area (Å²) in [6.45, 7) is 3.38. The van der Waals surface area contributed by atoms with Gasteiger partial charge in [-0.25, -0.2) is 0 Å². The van der Waals surface area contributed by atoms with Gasteiger partial charge in [0.25, 0.3) is 0 Å². The van der Waals surface area contributed by atoms with E-state index in [4.69, 9.17) is 10.8 Å². The van der Waals surface area contributed by atoms with E-state index in [1.54, 1.807) is 4.90 Å². The number of nitrogen functional groups attached to an aromatic ring is 1. The number of rotatable bonds is 6. The molecule has 0 aliphatic heterocycles. The third kappa shape index (κ3) is 3.70. The molecule has 0 saturated heterocycles. The maximum absolute atomic E-state index is 9.02. The Morgan fingerprint density at radius 2 is 1.76 bits per heavy atom. The van der Waals surface area contributed by atoms with E-state index < -0.39 is 0 Å². The van der Waals surface area contributed by atoms with E-state index in [1.807, 2.05) is 19.0 Å². The molecule has 0 amide bonds. The molecule has 0 unspecified atom stereocenters. The number of hydrogen-bond donors (Lipinski definition) is 2. The number of aliphatic hydroxyl groups excluding tert-OH is 1. The fourth-order valence-corrected chi connectivity index (χ4v) is 1.41. The summed E-state index contributed by atoms with van der Waals surface area (Å²) in [4.78, 5) is 16.1. The maximum Gasteiger partial charge on any atom is 0.232 e. The molecule has 0 atom stereocenters. The minimum atomic E-state index is 0.0584. The van der Waals surface area contributed by atoms with Crippen LogP contribution in [0.1, 0.15) is 13.3 Å². The van der Waals surface area contributed by atoms with Crippen molar-refractivity contribution in [3.63, 3.8) is 0 Å². The summed E-state index contributed by atoms with van der Waals surface area (Å²) in [6, 6.07) is 0. The minimum absolute atomic E-state index is 0.0584. The summed E-state index contributed by atoms with van der Waals surface area (Å²) in [5, 5.41) is 9.02. The largest absolute Gasteiger partial charge is 0.395 e. The van der Waals surface area contributed by atoms with Gasteiger partial charge in [0.15, 0.2) is 0 Å². The number of aliphatic hydroxyl groups is 1. The molecule has 0 spiro atoms. The lowest BCUT2D eigenvalue weighted by molar-refractivity contribution is 0.301. The summed E-state index contributed by atoms with van der Waals surface area (Å²) in [5.41, 5.74) is 5.65. The molecule has 0 aliphatic carbocycles. The molecule has 0 aliphatic rings. The maximum atomic E-state index is 9.02. The van der Waals surface area contributed by atoms with Crippen LogP contribution in [-0.2, 0) is 0 Å². The van der Waals surface area contributed by atoms with E-state index in [1.165, 1.54) is 0 Å². The average Bonchev–Trinajstić information content (AvgIpc) is 2.28. The van der Waals surface area contributed by atoms with Gasteiger partial charge in [0.05, 0.1) is 6.61 Å². The molecule has 17 heavy (non-hydrogen) atoms. The van der Waals surface area contributed by atoms with Crippen molar-refractivity contribution in [2.75, 3.05) is 49.3 Å². The molecule has 0 fully saturated rings. The molecule has 1 aromatic rings. The van der Waals surface area contributed by atoms with Crippen molar-refractivity contribution in [3.8, 4) is 0 Å². The van der Waals surface area contributed by atoms with E-state index in [2.05, 4.69) is 21.9 Å². The topological polar surface area (TPSA) is 91.4 Å². The van der Waals surface area contributed by atoms with Crippen LogP contribution in [0.2, 0.25) is 0 Å². The Balaban J connectivity index is 3.00. The molecule has 0 radical (unpaired) electrons. The van der Waals surface area contributed by atoms with Gasteiger partial charge >= 0.3 is 0 Å². The zero-order chi connectivity index (χ0) is 12.8. The molecule has 1 aromatic heterocycles. The van der Waals surface area contributed by atoms with E-state index in [0.717, 1.165) is 13.0 Å². The lowest BCUT2D eigenvalue weighted by Gasteiger charge is -2.22. The van der Waals surface area contributed by atoms with Gasteiger partial charge in [0, 0.05) is 27.2 Å². The summed E-state index contributed by atoms with van der Waals surface area (Å²) < 4.78 is 0. The van der Waals surface area contributed by atoms with Gasteiger partial charge in [0.2, 0.25) is 17.8 Å². The van der Waals surface area contributed by atoms with Gasteiger partial charge in [-0.1, -0.05) is 6.92 Å². The lowest BCUT2D eigenvalue weighted by atomic mass is 10.4. The Hall–Kier alpha value is -1.63. The van der Waals surface area contributed by atoms with Crippen LogP contribution < -0.4 is 15.5 Å². The molecule has 7 nitrogen and oxygen atoms in total. The molecule has 1 heterocycles. The van der Waals surface area contributed by atoms with Gasteiger partial charge < -0.3 is 20.6 Å². The van der Waals surface area contributed by atoms with Gasteiger partial charge in [-0.2, -0.15) is 15.0 Å². The fraction of sp³-hybridized carbons (Fsp3) is 0.700. The first kappa shape index (κ1) is 13.4. The third-order valence-corrected chi connectivity index (χ3v) is 2.18. The first-order chi connectivity index (χ1) is 8.08. The summed E-state index contributed by atoms with van der Waals surface area (Å²) >= 11 is 0. The van der Waals surface area contributed by atoms with Crippen molar-refractivity contribution in [2.45, 2.75) is 13.3 Å². The average molecular weight is 240 g/mol. The van der Waals surface area contributed by atoms with Gasteiger partial charge in [-0.05, 0) is 6.42 Å². The Labute approximate surface area is 101 Å². The molecule has 0 saturated carbocycles. The lowest BCUT2D eigenvalue weighted by Crippen LogP contribution is -2.30. The monoisotopic (exact) mass is 240 g/mol. The predicted octanol–water partition coefficient (Wildman–Crippen LogP) is -0.271. The van der Waals surface area contributed by atoms with Crippen LogP contribution in [0.3, 0.4) is 0 Å². The number of hydrogen-bond acceptors (Lipinski definition) is 7. The molecular formula is C10H20N6O. The highest BCUT2D eigenvalue weighted by Crippen LogP contribution is 2.13. The highest BCUT2D eigenvalue weighted by Gasteiger charge is 2.12. The number of nitrogens with zero attached hydrogens (tertiary/aromatic N) is 5. The smallest absolute Gasteiger partial charge is 0.232 e. The van der Waals surface area contributed by atoms with Crippen LogP contribution in [0.25, 0.3) is 0 Å². The molecule has 0 bridgehead atoms. The van der Waals surface area contributed by atoms with Crippen LogP contribution in [0, 0.1) is 0 Å². The van der Waals surface area contributed by atoms with Crippen molar-refractivity contribution in [1.29, 1.82) is 0 Å². The molecular weight excluding hydrogens is 220 g/mol. The molecule has 96 valence electrons. The third-order valence-electron chi connectivity index (χ3n) is 2.18. The molecule has 7 heteroatoms. The summed E-state index contributed by atoms with van der Waals surface area (Å²) in [5.74, 6) is 1.22. The minimum Gasteiger partial charge on any atom is -0.395 e. The van der Waals surface area contributed by atoms with Crippen LogP contribution in [-0.4, -0.2) is 53.9 Å². The summed E-state index contributed by atoms with van der Waals surface area (Å²) in [7, 11) is 3.68. The van der Waals surface area contributed by atoms with Crippen LogP contribution in [0.15, 0.2) is 0 Å². The van der Waals surface area contributed by atoms with E-state index in [0.29, 0.717) is 18.4 Å². The second kappa shape index (κ2) is 6.19. The van der Waals surface area contributed by atoms with Gasteiger partial charge in [-0.3, -0.25) is 0 Å². The Morgan fingerprint density at radius 3 is 2.29 bits per heavy atom. The second-order valence-corrected chi connectivity index (χ2v) is 3.90. The standard InChI is InChI=1S/C10H20N6O/c1-4-5-16(6-7-17)10-13-8(11)12-9(14-10)15(2)3/h17H,4-7H2,1-3H3,(H2,11,12,13,14). The number of anilines is 3. The van der Waals surface area contributed by atoms with Crippen molar-refractivity contribution < 1.29 is 5.11 Å². The van der Waals surface area contributed by atoms with Gasteiger partial charge in [-0.15, -0.1) is 0 Å². The van der Waals surface area contributed by atoms with E-state index >= 15 is 0 Å². The van der Waals surface area contributed by atoms with Crippen molar-refractivity contribution in [2.24, 2.45) is 0 Å². The molecule has 1 rings (SSSR count). The van der Waals surface area contributed by atoms with Crippen molar-refractivity contribution in [1.82, 2.24) is 15.0 Å².